The Labute approximate surface area is 137 Å². The third-order valence-electron chi connectivity index (χ3n) is 4.52. The third kappa shape index (κ3) is 2.42. The van der Waals surface area contributed by atoms with E-state index in [1.54, 1.807) is 0 Å². The third-order valence-corrected chi connectivity index (χ3v) is 4.52. The highest BCUT2D eigenvalue weighted by molar-refractivity contribution is 6.11. The quantitative estimate of drug-likeness (QED) is 0.505. The standard InChI is InChI=1S/C20H23N3/c1-13(2)22(5)20(21-4)15-8-10-19-17(12-15)16-11-14(3)7-9-18(16)23(19)6/h7-12H,1H2,2-6H3/b21-20-. The van der Waals surface area contributed by atoms with Crippen molar-refractivity contribution >= 4 is 27.6 Å². The number of fused-ring (bicyclic) bond motifs is 3. The first-order chi connectivity index (χ1) is 10.9. The smallest absolute Gasteiger partial charge is 0.134 e. The van der Waals surface area contributed by atoms with Gasteiger partial charge in [-0.15, -0.1) is 0 Å². The topological polar surface area (TPSA) is 20.5 Å². The van der Waals surface area contributed by atoms with Gasteiger partial charge < -0.3 is 9.47 Å². The van der Waals surface area contributed by atoms with Crippen LogP contribution in [0.25, 0.3) is 21.8 Å². The lowest BCUT2D eigenvalue weighted by atomic mass is 10.1. The van der Waals surface area contributed by atoms with E-state index in [-0.39, 0.29) is 0 Å². The molecule has 0 fully saturated rings. The Morgan fingerprint density at radius 3 is 2.30 bits per heavy atom. The summed E-state index contributed by atoms with van der Waals surface area (Å²) in [5, 5.41) is 2.55. The summed E-state index contributed by atoms with van der Waals surface area (Å²) < 4.78 is 2.25. The minimum atomic E-state index is 0.934. The summed E-state index contributed by atoms with van der Waals surface area (Å²) in [7, 11) is 5.95. The molecule has 3 rings (SSSR count). The molecule has 0 unspecified atom stereocenters. The molecule has 3 nitrogen and oxygen atoms in total. The maximum absolute atomic E-state index is 4.47. The molecule has 2 aromatic carbocycles. The van der Waals surface area contributed by atoms with Crippen molar-refractivity contribution in [1.82, 2.24) is 9.47 Å². The Kier molecular flexibility index (Phi) is 3.72. The molecule has 0 aliphatic rings. The lowest BCUT2D eigenvalue weighted by molar-refractivity contribution is 0.630. The van der Waals surface area contributed by atoms with Gasteiger partial charge in [0.1, 0.15) is 5.84 Å². The van der Waals surface area contributed by atoms with Crippen molar-refractivity contribution in [3.63, 3.8) is 0 Å². The maximum atomic E-state index is 4.47. The number of allylic oxidation sites excluding steroid dienone is 1. The molecule has 0 saturated heterocycles. The Morgan fingerprint density at radius 2 is 1.70 bits per heavy atom. The van der Waals surface area contributed by atoms with Crippen molar-refractivity contribution in [3.05, 3.63) is 59.8 Å². The van der Waals surface area contributed by atoms with E-state index in [2.05, 4.69) is 66.5 Å². The maximum Gasteiger partial charge on any atom is 0.134 e. The fourth-order valence-electron chi connectivity index (χ4n) is 3.12. The summed E-state index contributed by atoms with van der Waals surface area (Å²) in [6.45, 7) is 8.14. The Balaban J connectivity index is 2.28. The van der Waals surface area contributed by atoms with Crippen molar-refractivity contribution in [2.45, 2.75) is 13.8 Å². The van der Waals surface area contributed by atoms with Crippen LogP contribution in [0.1, 0.15) is 18.1 Å². The SMILES string of the molecule is C=C(C)N(C)/C(=N\C)c1ccc2c(c1)c1cc(C)ccc1n2C. The van der Waals surface area contributed by atoms with Crippen molar-refractivity contribution in [3.8, 4) is 0 Å². The van der Waals surface area contributed by atoms with Gasteiger partial charge in [0.2, 0.25) is 0 Å². The van der Waals surface area contributed by atoms with E-state index in [9.17, 15) is 0 Å². The number of nitrogens with zero attached hydrogens (tertiary/aromatic N) is 3. The number of rotatable bonds is 2. The van der Waals surface area contributed by atoms with E-state index < -0.39 is 0 Å². The summed E-state index contributed by atoms with van der Waals surface area (Å²) in [5.41, 5.74) is 5.85. The molecule has 0 bridgehead atoms. The summed E-state index contributed by atoms with van der Waals surface area (Å²) >= 11 is 0. The number of amidine groups is 1. The van der Waals surface area contributed by atoms with Gasteiger partial charge in [0.05, 0.1) is 0 Å². The number of aromatic nitrogens is 1. The molecule has 0 aliphatic heterocycles. The molecule has 0 radical (unpaired) electrons. The fraction of sp³-hybridized carbons (Fsp3) is 0.250. The number of hydrogen-bond acceptors (Lipinski definition) is 1. The van der Waals surface area contributed by atoms with Gasteiger partial charge in [0.15, 0.2) is 0 Å². The average Bonchev–Trinajstić information content (AvgIpc) is 2.80. The van der Waals surface area contributed by atoms with E-state index in [1.165, 1.54) is 27.4 Å². The van der Waals surface area contributed by atoms with Crippen molar-refractivity contribution in [2.24, 2.45) is 12.0 Å². The molecule has 0 spiro atoms. The van der Waals surface area contributed by atoms with Gasteiger partial charge in [0, 0.05) is 54.2 Å². The van der Waals surface area contributed by atoms with Crippen LogP contribution in [0.2, 0.25) is 0 Å². The molecule has 0 atom stereocenters. The Bertz CT molecular complexity index is 944. The predicted octanol–water partition coefficient (Wildman–Crippen LogP) is 4.48. The van der Waals surface area contributed by atoms with E-state index in [4.69, 9.17) is 0 Å². The highest BCUT2D eigenvalue weighted by Crippen LogP contribution is 2.30. The van der Waals surface area contributed by atoms with E-state index in [0.717, 1.165) is 17.1 Å². The second-order valence-electron chi connectivity index (χ2n) is 6.15. The van der Waals surface area contributed by atoms with Gasteiger partial charge in [-0.3, -0.25) is 4.99 Å². The van der Waals surface area contributed by atoms with Gasteiger partial charge in [-0.2, -0.15) is 0 Å². The second-order valence-corrected chi connectivity index (χ2v) is 6.15. The number of hydrogen-bond donors (Lipinski definition) is 0. The first kappa shape index (κ1) is 15.3. The molecule has 23 heavy (non-hydrogen) atoms. The lowest BCUT2D eigenvalue weighted by Gasteiger charge is -2.21. The van der Waals surface area contributed by atoms with E-state index in [1.807, 2.05) is 25.9 Å². The van der Waals surface area contributed by atoms with E-state index >= 15 is 0 Å². The van der Waals surface area contributed by atoms with Crippen LogP contribution in [0.4, 0.5) is 0 Å². The van der Waals surface area contributed by atoms with Gasteiger partial charge in [-0.05, 0) is 44.2 Å². The van der Waals surface area contributed by atoms with Crippen LogP contribution >= 0.6 is 0 Å². The zero-order valence-electron chi connectivity index (χ0n) is 14.5. The summed E-state index contributed by atoms with van der Waals surface area (Å²) in [5.74, 6) is 0.934. The molecular formula is C20H23N3. The summed E-state index contributed by atoms with van der Waals surface area (Å²) in [6.07, 6.45) is 0. The predicted molar refractivity (Wildman–Crippen MR) is 100 cm³/mol. The molecule has 3 aromatic rings. The molecule has 0 saturated carbocycles. The van der Waals surface area contributed by atoms with Gasteiger partial charge in [0.25, 0.3) is 0 Å². The first-order valence-electron chi connectivity index (χ1n) is 7.79. The number of aliphatic imine (C=N–C) groups is 1. The Hall–Kier alpha value is -2.55. The second kappa shape index (κ2) is 5.58. The minimum absolute atomic E-state index is 0.934. The van der Waals surface area contributed by atoms with Crippen molar-refractivity contribution in [1.29, 1.82) is 0 Å². The first-order valence-corrected chi connectivity index (χ1v) is 7.79. The van der Waals surface area contributed by atoms with Crippen LogP contribution in [0.15, 0.2) is 53.7 Å². The number of benzene rings is 2. The molecule has 0 N–H and O–H groups in total. The van der Waals surface area contributed by atoms with Gasteiger partial charge in [-0.1, -0.05) is 18.2 Å². The van der Waals surface area contributed by atoms with Crippen molar-refractivity contribution in [2.75, 3.05) is 14.1 Å². The zero-order chi connectivity index (χ0) is 16.7. The van der Waals surface area contributed by atoms with Crippen molar-refractivity contribution < 1.29 is 0 Å². The molecule has 0 amide bonds. The largest absolute Gasteiger partial charge is 0.344 e. The van der Waals surface area contributed by atoms with Gasteiger partial charge in [-0.25, -0.2) is 0 Å². The summed E-state index contributed by atoms with van der Waals surface area (Å²) in [6, 6.07) is 13.2. The molecule has 118 valence electrons. The molecule has 0 aliphatic carbocycles. The van der Waals surface area contributed by atoms with Crippen LogP contribution in [-0.4, -0.2) is 29.4 Å². The highest BCUT2D eigenvalue weighted by atomic mass is 15.2. The normalized spacial score (nSPS) is 12.1. The Morgan fingerprint density at radius 1 is 1.09 bits per heavy atom. The average molecular weight is 305 g/mol. The van der Waals surface area contributed by atoms with E-state index in [0.29, 0.717) is 0 Å². The highest BCUT2D eigenvalue weighted by Gasteiger charge is 2.13. The number of aryl methyl sites for hydroxylation is 2. The molecule has 1 aromatic heterocycles. The van der Waals surface area contributed by atoms with Crippen LogP contribution in [-0.2, 0) is 7.05 Å². The molecule has 1 heterocycles. The summed E-state index contributed by atoms with van der Waals surface area (Å²) in [4.78, 5) is 6.49. The van der Waals surface area contributed by atoms with Crippen LogP contribution in [0.3, 0.4) is 0 Å². The monoisotopic (exact) mass is 305 g/mol. The van der Waals surface area contributed by atoms with Crippen LogP contribution < -0.4 is 0 Å². The van der Waals surface area contributed by atoms with Crippen LogP contribution in [0, 0.1) is 6.92 Å². The molecular weight excluding hydrogens is 282 g/mol. The molecule has 3 heteroatoms. The zero-order valence-corrected chi connectivity index (χ0v) is 14.5. The van der Waals surface area contributed by atoms with Gasteiger partial charge >= 0.3 is 0 Å². The fourth-order valence-corrected chi connectivity index (χ4v) is 3.12. The minimum Gasteiger partial charge on any atom is -0.344 e. The van der Waals surface area contributed by atoms with Crippen LogP contribution in [0.5, 0.6) is 0 Å². The lowest BCUT2D eigenvalue weighted by Crippen LogP contribution is -2.25.